The lowest BCUT2D eigenvalue weighted by Crippen LogP contribution is -2.05. The van der Waals surface area contributed by atoms with Crippen molar-refractivity contribution in [2.45, 2.75) is 6.54 Å². The standard InChI is InChI=1S/C22H18N2/c1-3-9-18(10-4-1)21-14-15-22(19-11-5-2-6-12-19)24(21)17-20-13-7-8-16-23-20/h1-16H,17H2. The van der Waals surface area contributed by atoms with Crippen LogP contribution in [0.4, 0.5) is 0 Å². The highest BCUT2D eigenvalue weighted by Crippen LogP contribution is 2.29. The highest BCUT2D eigenvalue weighted by molar-refractivity contribution is 5.69. The van der Waals surface area contributed by atoms with Gasteiger partial charge in [0.2, 0.25) is 0 Å². The lowest BCUT2D eigenvalue weighted by molar-refractivity contribution is 0.795. The van der Waals surface area contributed by atoms with E-state index in [1.165, 1.54) is 22.5 Å². The molecule has 0 N–H and O–H groups in total. The second-order valence-corrected chi connectivity index (χ2v) is 5.74. The van der Waals surface area contributed by atoms with Crippen LogP contribution in [0, 0.1) is 0 Å². The lowest BCUT2D eigenvalue weighted by Gasteiger charge is -2.14. The number of aromatic nitrogens is 2. The zero-order chi connectivity index (χ0) is 16.2. The van der Waals surface area contributed by atoms with Crippen LogP contribution in [0.25, 0.3) is 22.5 Å². The number of rotatable bonds is 4. The van der Waals surface area contributed by atoms with Gasteiger partial charge in [-0.15, -0.1) is 0 Å². The highest BCUT2D eigenvalue weighted by atomic mass is 15.0. The van der Waals surface area contributed by atoms with Gasteiger partial charge >= 0.3 is 0 Å². The van der Waals surface area contributed by atoms with E-state index in [4.69, 9.17) is 0 Å². The molecule has 2 heteroatoms. The van der Waals surface area contributed by atoms with Crippen molar-refractivity contribution in [3.05, 3.63) is 103 Å². The molecule has 0 aliphatic carbocycles. The molecule has 0 bridgehead atoms. The molecule has 0 aliphatic rings. The Morgan fingerprint density at radius 1 is 0.583 bits per heavy atom. The zero-order valence-corrected chi connectivity index (χ0v) is 13.3. The summed E-state index contributed by atoms with van der Waals surface area (Å²) >= 11 is 0. The summed E-state index contributed by atoms with van der Waals surface area (Å²) in [5, 5.41) is 0. The second kappa shape index (κ2) is 6.55. The molecule has 0 unspecified atom stereocenters. The minimum Gasteiger partial charge on any atom is -0.334 e. The summed E-state index contributed by atoms with van der Waals surface area (Å²) in [7, 11) is 0. The largest absolute Gasteiger partial charge is 0.334 e. The first kappa shape index (κ1) is 14.5. The van der Waals surface area contributed by atoms with Crippen LogP contribution in [0.5, 0.6) is 0 Å². The molecule has 0 atom stereocenters. The summed E-state index contributed by atoms with van der Waals surface area (Å²) in [5.74, 6) is 0. The van der Waals surface area contributed by atoms with Crippen LogP contribution in [-0.4, -0.2) is 9.55 Å². The third-order valence-electron chi connectivity index (χ3n) is 4.17. The SMILES string of the molecule is c1ccc(-c2ccc(-c3ccccc3)n2Cc2ccccn2)cc1. The molecule has 0 saturated carbocycles. The molecule has 4 rings (SSSR count). The van der Waals surface area contributed by atoms with E-state index in [0.29, 0.717) is 0 Å². The Hall–Kier alpha value is -3.13. The topological polar surface area (TPSA) is 17.8 Å². The fraction of sp³-hybridized carbons (Fsp3) is 0.0455. The smallest absolute Gasteiger partial charge is 0.0654 e. The van der Waals surface area contributed by atoms with Crippen molar-refractivity contribution >= 4 is 0 Å². The molecule has 0 amide bonds. The average Bonchev–Trinajstić information content (AvgIpc) is 3.07. The summed E-state index contributed by atoms with van der Waals surface area (Å²) in [6.07, 6.45) is 1.85. The Morgan fingerprint density at radius 2 is 1.12 bits per heavy atom. The number of pyridine rings is 1. The summed E-state index contributed by atoms with van der Waals surface area (Å²) in [6.45, 7) is 0.752. The fourth-order valence-corrected chi connectivity index (χ4v) is 3.01. The maximum Gasteiger partial charge on any atom is 0.0654 e. The van der Waals surface area contributed by atoms with E-state index in [1.54, 1.807) is 0 Å². The van der Waals surface area contributed by atoms with Gasteiger partial charge in [-0.1, -0.05) is 66.7 Å². The summed E-state index contributed by atoms with van der Waals surface area (Å²) in [4.78, 5) is 4.50. The van der Waals surface area contributed by atoms with E-state index in [1.807, 2.05) is 30.5 Å². The van der Waals surface area contributed by atoms with Crippen molar-refractivity contribution in [3.63, 3.8) is 0 Å². The Kier molecular flexibility index (Phi) is 3.95. The van der Waals surface area contributed by atoms with Crippen molar-refractivity contribution in [1.82, 2.24) is 9.55 Å². The lowest BCUT2D eigenvalue weighted by atomic mass is 10.1. The van der Waals surface area contributed by atoms with E-state index < -0.39 is 0 Å². The monoisotopic (exact) mass is 310 g/mol. The molecule has 0 spiro atoms. The molecule has 2 nitrogen and oxygen atoms in total. The maximum atomic E-state index is 4.50. The third kappa shape index (κ3) is 2.86. The van der Waals surface area contributed by atoms with Crippen LogP contribution in [-0.2, 0) is 6.54 Å². The summed E-state index contributed by atoms with van der Waals surface area (Å²) in [6, 6.07) is 31.5. The molecule has 2 aromatic heterocycles. The van der Waals surface area contributed by atoms with Gasteiger partial charge in [0, 0.05) is 17.6 Å². The van der Waals surface area contributed by atoms with Gasteiger partial charge < -0.3 is 4.57 Å². The van der Waals surface area contributed by atoms with Crippen molar-refractivity contribution in [1.29, 1.82) is 0 Å². The van der Waals surface area contributed by atoms with Gasteiger partial charge in [0.05, 0.1) is 12.2 Å². The molecule has 0 saturated heterocycles. The molecule has 2 aromatic carbocycles. The Morgan fingerprint density at radius 3 is 1.62 bits per heavy atom. The third-order valence-corrected chi connectivity index (χ3v) is 4.17. The van der Waals surface area contributed by atoms with E-state index in [9.17, 15) is 0 Å². The molecule has 0 fully saturated rings. The van der Waals surface area contributed by atoms with Gasteiger partial charge in [0.1, 0.15) is 0 Å². The van der Waals surface area contributed by atoms with Gasteiger partial charge in [0.25, 0.3) is 0 Å². The zero-order valence-electron chi connectivity index (χ0n) is 13.3. The first-order valence-corrected chi connectivity index (χ1v) is 8.12. The van der Waals surface area contributed by atoms with Crippen molar-refractivity contribution < 1.29 is 0 Å². The van der Waals surface area contributed by atoms with Crippen LogP contribution in [0.15, 0.2) is 97.2 Å². The van der Waals surface area contributed by atoms with E-state index in [-0.39, 0.29) is 0 Å². The van der Waals surface area contributed by atoms with Crippen LogP contribution < -0.4 is 0 Å². The van der Waals surface area contributed by atoms with Gasteiger partial charge in [-0.2, -0.15) is 0 Å². The second-order valence-electron chi connectivity index (χ2n) is 5.74. The molecule has 0 radical (unpaired) electrons. The van der Waals surface area contributed by atoms with Crippen LogP contribution in [0.3, 0.4) is 0 Å². The maximum absolute atomic E-state index is 4.50. The first-order valence-electron chi connectivity index (χ1n) is 8.12. The Bertz CT molecular complexity index is 853. The normalized spacial score (nSPS) is 10.7. The molecular weight excluding hydrogens is 292 g/mol. The molecule has 4 aromatic rings. The molecule has 0 aliphatic heterocycles. The Balaban J connectivity index is 1.85. The molecule has 116 valence electrons. The van der Waals surface area contributed by atoms with Gasteiger partial charge in [0.15, 0.2) is 0 Å². The van der Waals surface area contributed by atoms with E-state index in [2.05, 4.69) is 76.3 Å². The predicted molar refractivity (Wildman–Crippen MR) is 98.6 cm³/mol. The van der Waals surface area contributed by atoms with Crippen LogP contribution in [0.1, 0.15) is 5.69 Å². The minimum absolute atomic E-state index is 0.752. The summed E-state index contributed by atoms with van der Waals surface area (Å²) in [5.41, 5.74) is 5.91. The van der Waals surface area contributed by atoms with Gasteiger partial charge in [-0.05, 0) is 35.4 Å². The van der Waals surface area contributed by atoms with E-state index >= 15 is 0 Å². The molecule has 2 heterocycles. The fourth-order valence-electron chi connectivity index (χ4n) is 3.01. The van der Waals surface area contributed by atoms with Crippen LogP contribution >= 0.6 is 0 Å². The van der Waals surface area contributed by atoms with Gasteiger partial charge in [-0.25, -0.2) is 0 Å². The number of hydrogen-bond donors (Lipinski definition) is 0. The number of benzene rings is 2. The molecule has 24 heavy (non-hydrogen) atoms. The van der Waals surface area contributed by atoms with Crippen molar-refractivity contribution in [3.8, 4) is 22.5 Å². The summed E-state index contributed by atoms with van der Waals surface area (Å²) < 4.78 is 2.34. The van der Waals surface area contributed by atoms with Crippen LogP contribution in [0.2, 0.25) is 0 Å². The first-order chi connectivity index (χ1) is 11.9. The van der Waals surface area contributed by atoms with Crippen molar-refractivity contribution in [2.24, 2.45) is 0 Å². The highest BCUT2D eigenvalue weighted by Gasteiger charge is 2.12. The van der Waals surface area contributed by atoms with Crippen molar-refractivity contribution in [2.75, 3.05) is 0 Å². The molecular formula is C22H18N2. The number of hydrogen-bond acceptors (Lipinski definition) is 1. The quantitative estimate of drug-likeness (QED) is 0.502. The Labute approximate surface area is 142 Å². The minimum atomic E-state index is 0.752. The van der Waals surface area contributed by atoms with E-state index in [0.717, 1.165) is 12.2 Å². The number of nitrogens with zero attached hydrogens (tertiary/aromatic N) is 2. The predicted octanol–water partition coefficient (Wildman–Crippen LogP) is 5.27. The average molecular weight is 310 g/mol. The van der Waals surface area contributed by atoms with Gasteiger partial charge in [-0.3, -0.25) is 4.98 Å².